The minimum atomic E-state index is -1.05. The SMILES string of the molecule is Cc1ccc(NC(=O)[C@@H](C)OC(=O)CN2C(=O)CN(C)C2=O)cc1. The summed E-state index contributed by atoms with van der Waals surface area (Å²) in [7, 11) is 1.46. The van der Waals surface area contributed by atoms with Crippen molar-refractivity contribution in [1.82, 2.24) is 9.80 Å². The molecule has 1 saturated heterocycles. The Morgan fingerprint density at radius 1 is 1.25 bits per heavy atom. The van der Waals surface area contributed by atoms with Crippen molar-refractivity contribution < 1.29 is 23.9 Å². The second-order valence-electron chi connectivity index (χ2n) is 5.61. The molecule has 1 N–H and O–H groups in total. The van der Waals surface area contributed by atoms with Gasteiger partial charge in [-0.15, -0.1) is 0 Å². The van der Waals surface area contributed by atoms with Crippen molar-refractivity contribution in [2.24, 2.45) is 0 Å². The van der Waals surface area contributed by atoms with Gasteiger partial charge in [-0.05, 0) is 26.0 Å². The molecular weight excluding hydrogens is 314 g/mol. The van der Waals surface area contributed by atoms with Crippen LogP contribution in [0.25, 0.3) is 0 Å². The van der Waals surface area contributed by atoms with Gasteiger partial charge in [-0.3, -0.25) is 19.3 Å². The number of imide groups is 1. The first kappa shape index (κ1) is 17.5. The summed E-state index contributed by atoms with van der Waals surface area (Å²) in [5, 5.41) is 2.62. The molecular formula is C16H19N3O5. The van der Waals surface area contributed by atoms with Crippen molar-refractivity contribution in [3.8, 4) is 0 Å². The van der Waals surface area contributed by atoms with Crippen molar-refractivity contribution in [3.63, 3.8) is 0 Å². The summed E-state index contributed by atoms with van der Waals surface area (Å²) in [6.45, 7) is 2.76. The van der Waals surface area contributed by atoms with Crippen LogP contribution in [0.1, 0.15) is 12.5 Å². The number of ether oxygens (including phenoxy) is 1. The Morgan fingerprint density at radius 2 is 1.88 bits per heavy atom. The normalized spacial score (nSPS) is 15.5. The second-order valence-corrected chi connectivity index (χ2v) is 5.61. The largest absolute Gasteiger partial charge is 0.451 e. The fourth-order valence-corrected chi connectivity index (χ4v) is 2.12. The highest BCUT2D eigenvalue weighted by Gasteiger charge is 2.35. The predicted molar refractivity (Wildman–Crippen MR) is 85.1 cm³/mol. The molecule has 0 saturated carbocycles. The minimum Gasteiger partial charge on any atom is -0.451 e. The number of carbonyl (C=O) groups excluding carboxylic acids is 4. The van der Waals surface area contributed by atoms with Gasteiger partial charge < -0.3 is 15.0 Å². The first-order valence-corrected chi connectivity index (χ1v) is 7.40. The van der Waals surface area contributed by atoms with Crippen molar-refractivity contribution in [2.75, 3.05) is 25.5 Å². The van der Waals surface area contributed by atoms with Crippen LogP contribution in [0, 0.1) is 6.92 Å². The second kappa shape index (κ2) is 7.12. The van der Waals surface area contributed by atoms with Gasteiger partial charge in [0, 0.05) is 12.7 Å². The quantitative estimate of drug-likeness (QED) is 0.634. The van der Waals surface area contributed by atoms with E-state index in [1.54, 1.807) is 12.1 Å². The highest BCUT2D eigenvalue weighted by atomic mass is 16.5. The van der Waals surface area contributed by atoms with E-state index in [4.69, 9.17) is 4.74 Å². The topological polar surface area (TPSA) is 96.0 Å². The first-order valence-electron chi connectivity index (χ1n) is 7.40. The molecule has 1 heterocycles. The number of esters is 1. The maximum absolute atomic E-state index is 12.0. The van der Waals surface area contributed by atoms with Crippen molar-refractivity contribution in [2.45, 2.75) is 20.0 Å². The van der Waals surface area contributed by atoms with Crippen LogP contribution >= 0.6 is 0 Å². The Morgan fingerprint density at radius 3 is 2.42 bits per heavy atom. The Balaban J connectivity index is 1.86. The van der Waals surface area contributed by atoms with E-state index >= 15 is 0 Å². The standard InChI is InChI=1S/C16H19N3O5/c1-10-4-6-12(7-5-10)17-15(22)11(2)24-14(21)9-19-13(20)8-18(3)16(19)23/h4-7,11H,8-9H2,1-3H3,(H,17,22)/t11-/m1/s1. The van der Waals surface area contributed by atoms with E-state index < -0.39 is 36.5 Å². The van der Waals surface area contributed by atoms with Crippen molar-refractivity contribution >= 4 is 29.5 Å². The molecule has 128 valence electrons. The van der Waals surface area contributed by atoms with Gasteiger partial charge in [0.15, 0.2) is 6.10 Å². The summed E-state index contributed by atoms with van der Waals surface area (Å²) < 4.78 is 4.99. The highest BCUT2D eigenvalue weighted by molar-refractivity contribution is 6.04. The van der Waals surface area contributed by atoms with Crippen LogP contribution in [-0.4, -0.2) is 59.9 Å². The molecule has 0 radical (unpaired) electrons. The van der Waals surface area contributed by atoms with E-state index in [0.29, 0.717) is 5.69 Å². The molecule has 4 amide bonds. The number of aryl methyl sites for hydroxylation is 1. The van der Waals surface area contributed by atoms with E-state index in [1.165, 1.54) is 18.9 Å². The van der Waals surface area contributed by atoms with Gasteiger partial charge in [-0.2, -0.15) is 0 Å². The van der Waals surface area contributed by atoms with E-state index in [2.05, 4.69) is 5.32 Å². The molecule has 0 aromatic heterocycles. The molecule has 8 nitrogen and oxygen atoms in total. The molecule has 1 aromatic carbocycles. The molecule has 1 fully saturated rings. The lowest BCUT2D eigenvalue weighted by molar-refractivity contribution is -0.154. The molecule has 2 rings (SSSR count). The average molecular weight is 333 g/mol. The third kappa shape index (κ3) is 4.09. The maximum atomic E-state index is 12.0. The number of amides is 4. The summed E-state index contributed by atoms with van der Waals surface area (Å²) in [4.78, 5) is 49.1. The molecule has 1 aromatic rings. The summed E-state index contributed by atoms with van der Waals surface area (Å²) in [6, 6.07) is 6.59. The number of likely N-dealkylation sites (N-methyl/N-ethyl adjacent to an activating group) is 1. The Hall–Kier alpha value is -2.90. The van der Waals surface area contributed by atoms with Gasteiger partial charge in [0.05, 0.1) is 0 Å². The number of hydrogen-bond acceptors (Lipinski definition) is 5. The number of anilines is 1. The van der Waals surface area contributed by atoms with E-state index in [9.17, 15) is 19.2 Å². The van der Waals surface area contributed by atoms with Crippen LogP contribution < -0.4 is 5.32 Å². The number of hydrogen-bond donors (Lipinski definition) is 1. The van der Waals surface area contributed by atoms with Crippen LogP contribution in [0.15, 0.2) is 24.3 Å². The lowest BCUT2D eigenvalue weighted by Crippen LogP contribution is -2.39. The maximum Gasteiger partial charge on any atom is 0.327 e. The molecule has 0 spiro atoms. The van der Waals surface area contributed by atoms with E-state index in [1.807, 2.05) is 19.1 Å². The van der Waals surface area contributed by atoms with Crippen LogP contribution in [-0.2, 0) is 19.1 Å². The number of nitrogens with one attached hydrogen (secondary N) is 1. The van der Waals surface area contributed by atoms with Gasteiger partial charge in [0.1, 0.15) is 13.1 Å². The Bertz CT molecular complexity index is 671. The van der Waals surface area contributed by atoms with Crippen molar-refractivity contribution in [1.29, 1.82) is 0 Å². The Labute approximate surface area is 139 Å². The first-order chi connectivity index (χ1) is 11.3. The lowest BCUT2D eigenvalue weighted by atomic mass is 10.2. The molecule has 1 aliphatic rings. The van der Waals surface area contributed by atoms with Gasteiger partial charge in [0.25, 0.3) is 11.8 Å². The summed E-state index contributed by atoms with van der Waals surface area (Å²) in [6.07, 6.45) is -1.05. The third-order valence-corrected chi connectivity index (χ3v) is 3.51. The zero-order chi connectivity index (χ0) is 17.9. The highest BCUT2D eigenvalue weighted by Crippen LogP contribution is 2.11. The van der Waals surface area contributed by atoms with E-state index in [-0.39, 0.29) is 6.54 Å². The molecule has 0 aliphatic carbocycles. The molecule has 1 atom stereocenters. The molecule has 8 heteroatoms. The number of rotatable bonds is 5. The van der Waals surface area contributed by atoms with Crippen LogP contribution in [0.2, 0.25) is 0 Å². The fraction of sp³-hybridized carbons (Fsp3) is 0.375. The number of urea groups is 1. The smallest absolute Gasteiger partial charge is 0.327 e. The molecule has 0 unspecified atom stereocenters. The molecule has 24 heavy (non-hydrogen) atoms. The van der Waals surface area contributed by atoms with Gasteiger partial charge in [0.2, 0.25) is 0 Å². The predicted octanol–water partition coefficient (Wildman–Crippen LogP) is 0.759. The van der Waals surface area contributed by atoms with Crippen LogP contribution in [0.3, 0.4) is 0 Å². The van der Waals surface area contributed by atoms with Gasteiger partial charge >= 0.3 is 12.0 Å². The van der Waals surface area contributed by atoms with Gasteiger partial charge in [-0.25, -0.2) is 4.79 Å². The average Bonchev–Trinajstić information content (AvgIpc) is 2.76. The molecule has 0 bridgehead atoms. The van der Waals surface area contributed by atoms with E-state index in [0.717, 1.165) is 10.5 Å². The van der Waals surface area contributed by atoms with Gasteiger partial charge in [-0.1, -0.05) is 17.7 Å². The van der Waals surface area contributed by atoms with Crippen LogP contribution in [0.4, 0.5) is 10.5 Å². The third-order valence-electron chi connectivity index (χ3n) is 3.51. The lowest BCUT2D eigenvalue weighted by Gasteiger charge is -2.16. The Kier molecular flexibility index (Phi) is 5.18. The monoisotopic (exact) mass is 333 g/mol. The van der Waals surface area contributed by atoms with Crippen LogP contribution in [0.5, 0.6) is 0 Å². The summed E-state index contributed by atoms with van der Waals surface area (Å²) >= 11 is 0. The number of benzene rings is 1. The fourth-order valence-electron chi connectivity index (χ4n) is 2.12. The number of nitrogens with zero attached hydrogens (tertiary/aromatic N) is 2. The molecule has 1 aliphatic heterocycles. The summed E-state index contributed by atoms with van der Waals surface area (Å²) in [5.74, 6) is -1.79. The zero-order valence-electron chi connectivity index (χ0n) is 13.7. The summed E-state index contributed by atoms with van der Waals surface area (Å²) in [5.41, 5.74) is 1.64. The minimum absolute atomic E-state index is 0.0738. The zero-order valence-corrected chi connectivity index (χ0v) is 13.7. The van der Waals surface area contributed by atoms with Crippen molar-refractivity contribution in [3.05, 3.63) is 29.8 Å². The number of carbonyl (C=O) groups is 4.